The summed E-state index contributed by atoms with van der Waals surface area (Å²) in [4.78, 5) is 22.9. The zero-order valence-corrected chi connectivity index (χ0v) is 12.2. The first-order valence-corrected chi connectivity index (χ1v) is 7.28. The van der Waals surface area contributed by atoms with E-state index >= 15 is 0 Å². The SMILES string of the molecule is CCC(=O)NCOC1CC(C(=O)OCc2ccccc2)C1. The number of carbonyl (C=O) groups excluding carboxylic acids is 2. The van der Waals surface area contributed by atoms with Crippen LogP contribution in [0.5, 0.6) is 0 Å². The van der Waals surface area contributed by atoms with Crippen LogP contribution in [0.25, 0.3) is 0 Å². The van der Waals surface area contributed by atoms with Crippen molar-refractivity contribution in [2.75, 3.05) is 6.73 Å². The Bertz CT molecular complexity index is 468. The van der Waals surface area contributed by atoms with E-state index in [-0.39, 0.29) is 30.6 Å². The molecule has 1 aromatic rings. The number of benzene rings is 1. The molecule has 1 aromatic carbocycles. The van der Waals surface area contributed by atoms with Crippen molar-refractivity contribution in [3.8, 4) is 0 Å². The summed E-state index contributed by atoms with van der Waals surface area (Å²) in [6, 6.07) is 9.62. The monoisotopic (exact) mass is 291 g/mol. The summed E-state index contributed by atoms with van der Waals surface area (Å²) in [5, 5.41) is 2.64. The van der Waals surface area contributed by atoms with Crippen LogP contribution >= 0.6 is 0 Å². The standard InChI is InChI=1S/C16H21NO4/c1-2-15(18)17-11-21-14-8-13(9-14)16(19)20-10-12-6-4-3-5-7-12/h3-7,13-14H,2,8-11H2,1H3,(H,17,18). The van der Waals surface area contributed by atoms with Crippen molar-refractivity contribution >= 4 is 11.9 Å². The maximum absolute atomic E-state index is 11.8. The molecule has 0 aromatic heterocycles. The molecule has 0 unspecified atom stereocenters. The summed E-state index contributed by atoms with van der Waals surface area (Å²) < 4.78 is 10.7. The zero-order chi connectivity index (χ0) is 15.1. The first kappa shape index (κ1) is 15.5. The van der Waals surface area contributed by atoms with Gasteiger partial charge in [0.1, 0.15) is 13.3 Å². The van der Waals surface area contributed by atoms with Crippen molar-refractivity contribution in [2.24, 2.45) is 5.92 Å². The van der Waals surface area contributed by atoms with E-state index in [0.29, 0.717) is 25.9 Å². The van der Waals surface area contributed by atoms with E-state index in [1.165, 1.54) is 0 Å². The minimum Gasteiger partial charge on any atom is -0.461 e. The molecule has 21 heavy (non-hydrogen) atoms. The molecule has 0 bridgehead atoms. The molecule has 0 aliphatic heterocycles. The normalized spacial score (nSPS) is 20.4. The number of nitrogens with one attached hydrogen (secondary N) is 1. The van der Waals surface area contributed by atoms with Crippen LogP contribution in [-0.4, -0.2) is 24.7 Å². The summed E-state index contributed by atoms with van der Waals surface area (Å²) in [7, 11) is 0. The van der Waals surface area contributed by atoms with Gasteiger partial charge in [0.05, 0.1) is 12.0 Å². The zero-order valence-electron chi connectivity index (χ0n) is 12.2. The second-order valence-electron chi connectivity index (χ2n) is 5.15. The largest absolute Gasteiger partial charge is 0.461 e. The Morgan fingerprint density at radius 3 is 2.62 bits per heavy atom. The predicted octanol–water partition coefficient (Wildman–Crippen LogP) is 2.01. The van der Waals surface area contributed by atoms with Gasteiger partial charge in [-0.2, -0.15) is 0 Å². The van der Waals surface area contributed by atoms with Gasteiger partial charge in [-0.1, -0.05) is 37.3 Å². The van der Waals surface area contributed by atoms with Crippen molar-refractivity contribution in [2.45, 2.75) is 38.9 Å². The Morgan fingerprint density at radius 2 is 1.95 bits per heavy atom. The van der Waals surface area contributed by atoms with Gasteiger partial charge >= 0.3 is 5.97 Å². The topological polar surface area (TPSA) is 64.6 Å². The smallest absolute Gasteiger partial charge is 0.309 e. The van der Waals surface area contributed by atoms with Crippen molar-refractivity contribution in [3.63, 3.8) is 0 Å². The fraction of sp³-hybridized carbons (Fsp3) is 0.500. The first-order chi connectivity index (χ1) is 10.2. The molecule has 114 valence electrons. The van der Waals surface area contributed by atoms with Gasteiger partial charge in [-0.05, 0) is 18.4 Å². The average molecular weight is 291 g/mol. The highest BCUT2D eigenvalue weighted by molar-refractivity contribution is 5.75. The van der Waals surface area contributed by atoms with Crippen molar-refractivity contribution in [1.82, 2.24) is 5.32 Å². The van der Waals surface area contributed by atoms with E-state index in [0.717, 1.165) is 5.56 Å². The molecule has 5 heteroatoms. The molecule has 1 aliphatic rings. The molecule has 1 N–H and O–H groups in total. The first-order valence-electron chi connectivity index (χ1n) is 7.28. The van der Waals surface area contributed by atoms with Crippen molar-refractivity contribution < 1.29 is 19.1 Å². The van der Waals surface area contributed by atoms with Gasteiger partial charge in [-0.3, -0.25) is 9.59 Å². The summed E-state index contributed by atoms with van der Waals surface area (Å²) in [6.07, 6.45) is 1.81. The van der Waals surface area contributed by atoms with Gasteiger partial charge in [0.15, 0.2) is 0 Å². The Labute approximate surface area is 124 Å². The van der Waals surface area contributed by atoms with E-state index in [1.54, 1.807) is 6.92 Å². The highest BCUT2D eigenvalue weighted by atomic mass is 16.5. The number of ether oxygens (including phenoxy) is 2. The second kappa shape index (κ2) is 7.78. The Kier molecular flexibility index (Phi) is 5.75. The third-order valence-corrected chi connectivity index (χ3v) is 3.56. The number of hydrogen-bond donors (Lipinski definition) is 1. The molecule has 0 spiro atoms. The Hall–Kier alpha value is -1.88. The molecule has 0 atom stereocenters. The molecule has 0 heterocycles. The number of carbonyl (C=O) groups is 2. The lowest BCUT2D eigenvalue weighted by molar-refractivity contribution is -0.160. The highest BCUT2D eigenvalue weighted by Crippen LogP contribution is 2.31. The third-order valence-electron chi connectivity index (χ3n) is 3.56. The lowest BCUT2D eigenvalue weighted by Gasteiger charge is -2.33. The Morgan fingerprint density at radius 1 is 1.24 bits per heavy atom. The maximum atomic E-state index is 11.8. The molecular formula is C16H21NO4. The third kappa shape index (κ3) is 4.86. The van der Waals surface area contributed by atoms with Gasteiger partial charge in [-0.25, -0.2) is 0 Å². The van der Waals surface area contributed by atoms with Crippen LogP contribution in [0.2, 0.25) is 0 Å². The van der Waals surface area contributed by atoms with Crippen LogP contribution in [0.1, 0.15) is 31.7 Å². The van der Waals surface area contributed by atoms with E-state index in [4.69, 9.17) is 9.47 Å². The number of esters is 1. The summed E-state index contributed by atoms with van der Waals surface area (Å²) in [6.45, 7) is 2.31. The number of rotatable bonds is 7. The summed E-state index contributed by atoms with van der Waals surface area (Å²) in [5.41, 5.74) is 0.986. The highest BCUT2D eigenvalue weighted by Gasteiger charge is 2.36. The molecule has 2 rings (SSSR count). The lowest BCUT2D eigenvalue weighted by atomic mass is 9.82. The number of amides is 1. The summed E-state index contributed by atoms with van der Waals surface area (Å²) in [5.74, 6) is -0.287. The van der Waals surface area contributed by atoms with Gasteiger partial charge < -0.3 is 14.8 Å². The van der Waals surface area contributed by atoms with Crippen molar-refractivity contribution in [1.29, 1.82) is 0 Å². The van der Waals surface area contributed by atoms with E-state index in [2.05, 4.69) is 5.32 Å². The van der Waals surface area contributed by atoms with Gasteiger partial charge in [0, 0.05) is 6.42 Å². The fourth-order valence-electron chi connectivity index (χ4n) is 2.11. The van der Waals surface area contributed by atoms with Crippen molar-refractivity contribution in [3.05, 3.63) is 35.9 Å². The average Bonchev–Trinajstić information content (AvgIpc) is 2.47. The van der Waals surface area contributed by atoms with Gasteiger partial charge in [-0.15, -0.1) is 0 Å². The summed E-state index contributed by atoms with van der Waals surface area (Å²) >= 11 is 0. The van der Waals surface area contributed by atoms with Crippen LogP contribution in [0.15, 0.2) is 30.3 Å². The molecule has 0 radical (unpaired) electrons. The van der Waals surface area contributed by atoms with E-state index in [1.807, 2.05) is 30.3 Å². The van der Waals surface area contributed by atoms with Crippen LogP contribution < -0.4 is 5.32 Å². The predicted molar refractivity (Wildman–Crippen MR) is 77.1 cm³/mol. The van der Waals surface area contributed by atoms with Gasteiger partial charge in [0.2, 0.25) is 5.91 Å². The number of hydrogen-bond acceptors (Lipinski definition) is 4. The lowest BCUT2D eigenvalue weighted by Crippen LogP contribution is -2.39. The minimum absolute atomic E-state index is 0.0341. The molecule has 0 saturated heterocycles. The second-order valence-corrected chi connectivity index (χ2v) is 5.15. The minimum atomic E-state index is -0.170. The molecule has 1 fully saturated rings. The Balaban J connectivity index is 1.58. The maximum Gasteiger partial charge on any atom is 0.309 e. The quantitative estimate of drug-likeness (QED) is 0.616. The molecule has 1 saturated carbocycles. The van der Waals surface area contributed by atoms with Crippen LogP contribution in [0.4, 0.5) is 0 Å². The molecule has 5 nitrogen and oxygen atoms in total. The van der Waals surface area contributed by atoms with E-state index in [9.17, 15) is 9.59 Å². The van der Waals surface area contributed by atoms with Crippen LogP contribution in [-0.2, 0) is 25.7 Å². The molecular weight excluding hydrogens is 270 g/mol. The van der Waals surface area contributed by atoms with Gasteiger partial charge in [0.25, 0.3) is 0 Å². The van der Waals surface area contributed by atoms with Crippen LogP contribution in [0.3, 0.4) is 0 Å². The molecule has 1 aliphatic carbocycles. The van der Waals surface area contributed by atoms with Crippen LogP contribution in [0, 0.1) is 5.92 Å². The van der Waals surface area contributed by atoms with E-state index < -0.39 is 0 Å². The molecule has 1 amide bonds. The fourth-order valence-corrected chi connectivity index (χ4v) is 2.11.